The van der Waals surface area contributed by atoms with Gasteiger partial charge in [0.05, 0.1) is 27.1 Å². The number of hydrogen-bond donors (Lipinski definition) is 1. The van der Waals surface area contributed by atoms with E-state index in [0.29, 0.717) is 22.7 Å². The summed E-state index contributed by atoms with van der Waals surface area (Å²) in [5.41, 5.74) is 1.20. The average Bonchev–Trinajstić information content (AvgIpc) is 2.76. The molecule has 0 aliphatic rings. The van der Waals surface area contributed by atoms with Crippen LogP contribution in [0.1, 0.15) is 26.3 Å². The summed E-state index contributed by atoms with van der Waals surface area (Å²) in [5.74, 6) is 1.28. The van der Waals surface area contributed by atoms with Gasteiger partial charge in [-0.2, -0.15) is 8.42 Å². The predicted octanol–water partition coefficient (Wildman–Crippen LogP) is 3.88. The number of methoxy groups -OCH3 is 3. The Morgan fingerprint density at radius 3 is 2.09 bits per heavy atom. The number of benzene rings is 2. The number of amides is 2. The summed E-state index contributed by atoms with van der Waals surface area (Å²) in [7, 11) is 0.755. The Balaban J connectivity index is 2.27. The van der Waals surface area contributed by atoms with Crippen molar-refractivity contribution in [3.63, 3.8) is 0 Å². The fourth-order valence-electron chi connectivity index (χ4n) is 2.84. The van der Waals surface area contributed by atoms with Crippen molar-refractivity contribution in [3.05, 3.63) is 42.0 Å². The number of nitrogens with one attached hydrogen (secondary N) is 1. The Hall–Kier alpha value is -3.14. The Morgan fingerprint density at radius 1 is 0.969 bits per heavy atom. The minimum Gasteiger partial charge on any atom is -0.497 e. The maximum Gasteiger partial charge on any atom is 0.322 e. The summed E-state index contributed by atoms with van der Waals surface area (Å²) >= 11 is 0. The highest BCUT2D eigenvalue weighted by Gasteiger charge is 2.20. The highest BCUT2D eigenvalue weighted by molar-refractivity contribution is 7.87. The van der Waals surface area contributed by atoms with Gasteiger partial charge in [-0.1, -0.05) is 6.07 Å². The Kier molecular flexibility index (Phi) is 8.59. The van der Waals surface area contributed by atoms with Crippen LogP contribution in [0.2, 0.25) is 0 Å². The normalized spacial score (nSPS) is 11.1. The number of anilines is 1. The zero-order valence-electron chi connectivity index (χ0n) is 19.2. The van der Waals surface area contributed by atoms with Crippen molar-refractivity contribution in [2.45, 2.75) is 33.4 Å². The molecule has 0 spiro atoms. The molecule has 0 aliphatic heterocycles. The SMILES string of the molecule is CCS(=O)(=O)Oc1cc(CN(C(=O)Nc2cc(OC)cc(OC)c2)C(C)C)ccc1OC. The van der Waals surface area contributed by atoms with Gasteiger partial charge in [0.25, 0.3) is 0 Å². The minimum absolute atomic E-state index is 0.0773. The molecular formula is C22H30N2O7S. The van der Waals surface area contributed by atoms with Crippen molar-refractivity contribution in [2.24, 2.45) is 0 Å². The van der Waals surface area contributed by atoms with Crippen LogP contribution in [0.4, 0.5) is 10.5 Å². The second kappa shape index (κ2) is 10.9. The largest absolute Gasteiger partial charge is 0.497 e. The monoisotopic (exact) mass is 466 g/mol. The standard InChI is InChI=1S/C22H30N2O7S/c1-7-32(26,27)31-21-10-16(8-9-20(21)30-6)14-24(15(2)3)22(25)23-17-11-18(28-4)13-19(12-17)29-5/h8-13,15H,7,14H2,1-6H3,(H,23,25). The summed E-state index contributed by atoms with van der Waals surface area (Å²) in [6.07, 6.45) is 0. The minimum atomic E-state index is -3.73. The first-order valence-corrected chi connectivity index (χ1v) is 11.6. The topological polar surface area (TPSA) is 103 Å². The van der Waals surface area contributed by atoms with E-state index in [1.165, 1.54) is 28.3 Å². The number of urea groups is 1. The van der Waals surface area contributed by atoms with E-state index < -0.39 is 10.1 Å². The first-order chi connectivity index (χ1) is 15.1. The van der Waals surface area contributed by atoms with Gasteiger partial charge < -0.3 is 28.6 Å². The molecule has 0 saturated carbocycles. The molecule has 0 aromatic heterocycles. The highest BCUT2D eigenvalue weighted by Crippen LogP contribution is 2.31. The smallest absolute Gasteiger partial charge is 0.322 e. The fourth-order valence-corrected chi connectivity index (χ4v) is 3.36. The van der Waals surface area contributed by atoms with Gasteiger partial charge in [-0.3, -0.25) is 0 Å². The molecule has 0 bridgehead atoms. The lowest BCUT2D eigenvalue weighted by molar-refractivity contribution is 0.193. The van der Waals surface area contributed by atoms with Crippen LogP contribution in [-0.2, 0) is 16.7 Å². The molecule has 2 rings (SSSR count). The van der Waals surface area contributed by atoms with Crippen molar-refractivity contribution in [1.29, 1.82) is 0 Å². The molecule has 9 nitrogen and oxygen atoms in total. The van der Waals surface area contributed by atoms with E-state index in [2.05, 4.69) is 5.32 Å². The number of ether oxygens (including phenoxy) is 3. The fraction of sp³-hybridized carbons (Fsp3) is 0.409. The molecule has 176 valence electrons. The zero-order chi connectivity index (χ0) is 23.9. The van der Waals surface area contributed by atoms with E-state index in [1.807, 2.05) is 13.8 Å². The summed E-state index contributed by atoms with van der Waals surface area (Å²) in [6, 6.07) is 9.52. The van der Waals surface area contributed by atoms with Gasteiger partial charge in [-0.25, -0.2) is 4.79 Å². The third-order valence-corrected chi connectivity index (χ3v) is 5.78. The van der Waals surface area contributed by atoms with Crippen molar-refractivity contribution in [2.75, 3.05) is 32.4 Å². The molecule has 0 unspecified atom stereocenters. The van der Waals surface area contributed by atoms with Gasteiger partial charge in [-0.05, 0) is 38.5 Å². The summed E-state index contributed by atoms with van der Waals surface area (Å²) in [4.78, 5) is 14.6. The first-order valence-electron chi connectivity index (χ1n) is 10.0. The molecule has 0 aliphatic carbocycles. The van der Waals surface area contributed by atoms with Crippen LogP contribution in [0, 0.1) is 0 Å². The van der Waals surface area contributed by atoms with Gasteiger partial charge >= 0.3 is 16.1 Å². The molecule has 0 atom stereocenters. The van der Waals surface area contributed by atoms with Crippen LogP contribution < -0.4 is 23.7 Å². The number of rotatable bonds is 10. The zero-order valence-corrected chi connectivity index (χ0v) is 20.0. The first kappa shape index (κ1) is 25.1. The van der Waals surface area contributed by atoms with Crippen molar-refractivity contribution in [3.8, 4) is 23.0 Å². The summed E-state index contributed by atoms with van der Waals surface area (Å²) < 4.78 is 44.7. The van der Waals surface area contributed by atoms with Crippen LogP contribution in [0.25, 0.3) is 0 Å². The molecule has 0 fully saturated rings. The third-order valence-electron chi connectivity index (χ3n) is 4.64. The van der Waals surface area contributed by atoms with Crippen LogP contribution in [0.5, 0.6) is 23.0 Å². The lowest BCUT2D eigenvalue weighted by Gasteiger charge is -2.27. The van der Waals surface area contributed by atoms with Crippen LogP contribution in [0.15, 0.2) is 36.4 Å². The molecule has 2 aromatic carbocycles. The van der Waals surface area contributed by atoms with E-state index in [-0.39, 0.29) is 35.9 Å². The Bertz CT molecular complexity index is 1020. The van der Waals surface area contributed by atoms with E-state index in [1.54, 1.807) is 41.3 Å². The highest BCUT2D eigenvalue weighted by atomic mass is 32.2. The lowest BCUT2D eigenvalue weighted by atomic mass is 10.1. The molecule has 2 aromatic rings. The number of hydrogen-bond acceptors (Lipinski definition) is 7. The second-order valence-electron chi connectivity index (χ2n) is 7.17. The second-order valence-corrected chi connectivity index (χ2v) is 9.03. The molecule has 10 heteroatoms. The van der Waals surface area contributed by atoms with Crippen LogP contribution >= 0.6 is 0 Å². The summed E-state index contributed by atoms with van der Waals surface area (Å²) in [5, 5.41) is 2.85. The molecule has 1 N–H and O–H groups in total. The Labute approximate surface area is 189 Å². The van der Waals surface area contributed by atoms with Crippen molar-refractivity contribution >= 4 is 21.8 Å². The quantitative estimate of drug-likeness (QED) is 0.530. The van der Waals surface area contributed by atoms with Gasteiger partial charge in [-0.15, -0.1) is 0 Å². The van der Waals surface area contributed by atoms with E-state index >= 15 is 0 Å². The maximum atomic E-state index is 13.0. The number of carbonyl (C=O) groups is 1. The molecular weight excluding hydrogens is 436 g/mol. The number of carbonyl (C=O) groups excluding carboxylic acids is 1. The molecule has 0 heterocycles. The maximum absolute atomic E-state index is 13.0. The van der Waals surface area contributed by atoms with Crippen molar-refractivity contribution in [1.82, 2.24) is 4.90 Å². The molecule has 0 saturated heterocycles. The number of nitrogens with zero attached hydrogens (tertiary/aromatic N) is 1. The van der Waals surface area contributed by atoms with E-state index in [9.17, 15) is 13.2 Å². The molecule has 2 amide bonds. The van der Waals surface area contributed by atoms with E-state index in [4.69, 9.17) is 18.4 Å². The predicted molar refractivity (Wildman–Crippen MR) is 122 cm³/mol. The Morgan fingerprint density at radius 2 is 1.59 bits per heavy atom. The van der Waals surface area contributed by atoms with Gasteiger partial charge in [0.15, 0.2) is 11.5 Å². The van der Waals surface area contributed by atoms with Crippen LogP contribution in [0.3, 0.4) is 0 Å². The van der Waals surface area contributed by atoms with Gasteiger partial charge in [0.1, 0.15) is 11.5 Å². The van der Waals surface area contributed by atoms with Gasteiger partial charge in [0.2, 0.25) is 0 Å². The van der Waals surface area contributed by atoms with Gasteiger partial charge in [0, 0.05) is 36.5 Å². The third kappa shape index (κ3) is 6.68. The average molecular weight is 467 g/mol. The van der Waals surface area contributed by atoms with Crippen molar-refractivity contribution < 1.29 is 31.6 Å². The van der Waals surface area contributed by atoms with Crippen LogP contribution in [-0.4, -0.2) is 52.5 Å². The lowest BCUT2D eigenvalue weighted by Crippen LogP contribution is -2.39. The van der Waals surface area contributed by atoms with E-state index in [0.717, 1.165) is 0 Å². The summed E-state index contributed by atoms with van der Waals surface area (Å²) in [6.45, 7) is 5.48. The molecule has 32 heavy (non-hydrogen) atoms. The molecule has 0 radical (unpaired) electrons.